The summed E-state index contributed by atoms with van der Waals surface area (Å²) < 4.78 is 5.53. The minimum atomic E-state index is -0.286. The second-order valence-corrected chi connectivity index (χ2v) is 5.84. The first-order valence-corrected chi connectivity index (χ1v) is 8.01. The summed E-state index contributed by atoms with van der Waals surface area (Å²) >= 11 is 0. The molecule has 4 rings (SSSR count). The minimum absolute atomic E-state index is 0.171. The lowest BCUT2D eigenvalue weighted by atomic mass is 10.0. The zero-order valence-electron chi connectivity index (χ0n) is 13.4. The average Bonchev–Trinajstić information content (AvgIpc) is 3.32. The van der Waals surface area contributed by atoms with Crippen LogP contribution in [0.4, 0.5) is 0 Å². The van der Waals surface area contributed by atoms with Gasteiger partial charge in [0.25, 0.3) is 5.91 Å². The number of carbonyl (C=O) groups excluding carboxylic acids is 1. The van der Waals surface area contributed by atoms with Gasteiger partial charge in [-0.05, 0) is 54.1 Å². The molecular formula is C20H16N2O3. The van der Waals surface area contributed by atoms with E-state index in [1.807, 2.05) is 24.3 Å². The molecule has 1 atom stereocenters. The monoisotopic (exact) mass is 332 g/mol. The fourth-order valence-corrected chi connectivity index (χ4v) is 2.94. The second-order valence-electron chi connectivity index (χ2n) is 5.84. The van der Waals surface area contributed by atoms with Crippen molar-refractivity contribution in [3.63, 3.8) is 0 Å². The Labute approximate surface area is 144 Å². The molecule has 5 nitrogen and oxygen atoms in total. The van der Waals surface area contributed by atoms with Gasteiger partial charge in [0.05, 0.1) is 12.0 Å². The number of hydrazone groups is 1. The lowest BCUT2D eigenvalue weighted by molar-refractivity contribution is 0.0693. The predicted octanol–water partition coefficient (Wildman–Crippen LogP) is 3.98. The quantitative estimate of drug-likeness (QED) is 0.789. The van der Waals surface area contributed by atoms with Crippen molar-refractivity contribution in [3.8, 4) is 5.75 Å². The van der Waals surface area contributed by atoms with Gasteiger partial charge in [0, 0.05) is 12.0 Å². The Morgan fingerprint density at radius 1 is 1.04 bits per heavy atom. The molecule has 0 fully saturated rings. The van der Waals surface area contributed by atoms with Crippen LogP contribution in [-0.4, -0.2) is 21.7 Å². The summed E-state index contributed by atoms with van der Waals surface area (Å²) in [7, 11) is 0. The van der Waals surface area contributed by atoms with Crippen LogP contribution in [-0.2, 0) is 0 Å². The van der Waals surface area contributed by atoms with Crippen LogP contribution in [0, 0.1) is 0 Å². The van der Waals surface area contributed by atoms with Crippen LogP contribution >= 0.6 is 0 Å². The lowest BCUT2D eigenvalue weighted by Crippen LogP contribution is -2.26. The Kier molecular flexibility index (Phi) is 3.82. The number of phenols is 1. The maximum absolute atomic E-state index is 12.9. The molecule has 1 aliphatic heterocycles. The van der Waals surface area contributed by atoms with Crippen LogP contribution in [0.2, 0.25) is 0 Å². The highest BCUT2D eigenvalue weighted by molar-refractivity contribution is 6.05. The van der Waals surface area contributed by atoms with E-state index in [1.54, 1.807) is 48.7 Å². The number of phenolic OH excluding ortho intramolecular Hbond substituents is 1. The molecule has 0 aliphatic carbocycles. The van der Waals surface area contributed by atoms with Gasteiger partial charge in [-0.3, -0.25) is 4.79 Å². The molecule has 3 aromatic rings. The van der Waals surface area contributed by atoms with Crippen molar-refractivity contribution in [2.24, 2.45) is 5.10 Å². The van der Waals surface area contributed by atoms with Gasteiger partial charge in [0.15, 0.2) is 0 Å². The van der Waals surface area contributed by atoms with Crippen LogP contribution in [0.1, 0.15) is 34.1 Å². The molecular weight excluding hydrogens is 316 g/mol. The van der Waals surface area contributed by atoms with Gasteiger partial charge < -0.3 is 9.52 Å². The third-order valence-corrected chi connectivity index (χ3v) is 4.21. The Morgan fingerprint density at radius 3 is 2.48 bits per heavy atom. The largest absolute Gasteiger partial charge is 0.508 e. The number of aromatic hydroxyl groups is 1. The smallest absolute Gasteiger partial charge is 0.274 e. The van der Waals surface area contributed by atoms with Crippen molar-refractivity contribution in [1.29, 1.82) is 0 Å². The third kappa shape index (κ3) is 2.92. The average molecular weight is 332 g/mol. The maximum Gasteiger partial charge on any atom is 0.274 e. The van der Waals surface area contributed by atoms with Crippen LogP contribution in [0.3, 0.4) is 0 Å². The van der Waals surface area contributed by atoms with Crippen molar-refractivity contribution < 1.29 is 14.3 Å². The highest BCUT2D eigenvalue weighted by Crippen LogP contribution is 2.34. The fourth-order valence-electron chi connectivity index (χ4n) is 2.94. The van der Waals surface area contributed by atoms with E-state index < -0.39 is 0 Å². The number of amides is 1. The number of carbonyl (C=O) groups is 1. The van der Waals surface area contributed by atoms with Crippen LogP contribution < -0.4 is 0 Å². The normalized spacial score (nSPS) is 16.7. The highest BCUT2D eigenvalue weighted by Gasteiger charge is 2.35. The molecule has 25 heavy (non-hydrogen) atoms. The topological polar surface area (TPSA) is 66.0 Å². The molecule has 1 aliphatic rings. The summed E-state index contributed by atoms with van der Waals surface area (Å²) in [5, 5.41) is 15.5. The van der Waals surface area contributed by atoms with E-state index in [0.29, 0.717) is 17.7 Å². The van der Waals surface area contributed by atoms with Crippen LogP contribution in [0.15, 0.2) is 82.5 Å². The van der Waals surface area contributed by atoms with Crippen molar-refractivity contribution in [1.82, 2.24) is 5.01 Å². The van der Waals surface area contributed by atoms with Gasteiger partial charge in [-0.2, -0.15) is 5.10 Å². The first-order valence-electron chi connectivity index (χ1n) is 8.01. The summed E-state index contributed by atoms with van der Waals surface area (Å²) in [5.41, 5.74) is 2.23. The molecule has 0 spiro atoms. The molecule has 0 radical (unpaired) electrons. The van der Waals surface area contributed by atoms with E-state index in [-0.39, 0.29) is 17.7 Å². The van der Waals surface area contributed by atoms with Gasteiger partial charge >= 0.3 is 0 Å². The van der Waals surface area contributed by atoms with Gasteiger partial charge in [0.1, 0.15) is 17.6 Å². The molecule has 1 N–H and O–H groups in total. The molecule has 124 valence electrons. The molecule has 0 saturated heterocycles. The molecule has 5 heteroatoms. The number of hydrogen-bond donors (Lipinski definition) is 1. The molecule has 1 amide bonds. The van der Waals surface area contributed by atoms with E-state index in [4.69, 9.17) is 4.42 Å². The van der Waals surface area contributed by atoms with E-state index in [9.17, 15) is 9.90 Å². The first kappa shape index (κ1) is 15.2. The van der Waals surface area contributed by atoms with Crippen molar-refractivity contribution in [2.75, 3.05) is 0 Å². The summed E-state index contributed by atoms with van der Waals surface area (Å²) in [5.74, 6) is 0.722. The summed E-state index contributed by atoms with van der Waals surface area (Å²) in [4.78, 5) is 12.9. The zero-order chi connectivity index (χ0) is 17.2. The second kappa shape index (κ2) is 6.28. The molecule has 0 unspecified atom stereocenters. The predicted molar refractivity (Wildman–Crippen MR) is 93.3 cm³/mol. The van der Waals surface area contributed by atoms with E-state index in [0.717, 1.165) is 11.3 Å². The summed E-state index contributed by atoms with van der Waals surface area (Å²) in [6.45, 7) is 0. The van der Waals surface area contributed by atoms with Crippen LogP contribution in [0.5, 0.6) is 5.75 Å². The molecule has 0 bridgehead atoms. The maximum atomic E-state index is 12.9. The van der Waals surface area contributed by atoms with E-state index in [1.165, 1.54) is 5.01 Å². The zero-order valence-corrected chi connectivity index (χ0v) is 13.4. The van der Waals surface area contributed by atoms with Crippen molar-refractivity contribution >= 4 is 11.6 Å². The van der Waals surface area contributed by atoms with E-state index >= 15 is 0 Å². The van der Waals surface area contributed by atoms with Gasteiger partial charge in [-0.1, -0.05) is 18.2 Å². The van der Waals surface area contributed by atoms with Crippen LogP contribution in [0.25, 0.3) is 0 Å². The fraction of sp³-hybridized carbons (Fsp3) is 0.100. The number of furan rings is 1. The SMILES string of the molecule is O=C(c1ccccc1)N1N=C(c2ccc(O)cc2)C[C@H]1c1ccco1. The molecule has 1 aromatic heterocycles. The molecule has 2 aromatic carbocycles. The summed E-state index contributed by atoms with van der Waals surface area (Å²) in [6.07, 6.45) is 2.15. The Hall–Kier alpha value is -3.34. The molecule has 0 saturated carbocycles. The summed E-state index contributed by atoms with van der Waals surface area (Å²) in [6, 6.07) is 19.3. The van der Waals surface area contributed by atoms with E-state index in [2.05, 4.69) is 5.10 Å². The standard InChI is InChI=1S/C20H16N2O3/c23-16-10-8-14(9-11-16)17-13-18(19-7-4-12-25-19)22(21-17)20(24)15-5-2-1-3-6-15/h1-12,18,23H,13H2/t18-/m0/s1. The highest BCUT2D eigenvalue weighted by atomic mass is 16.3. The Bertz CT molecular complexity index is 900. The van der Waals surface area contributed by atoms with Crippen molar-refractivity contribution in [2.45, 2.75) is 12.5 Å². The molecule has 2 heterocycles. The first-order chi connectivity index (χ1) is 12.2. The number of rotatable bonds is 3. The van der Waals surface area contributed by atoms with Crippen molar-refractivity contribution in [3.05, 3.63) is 89.9 Å². The van der Waals surface area contributed by atoms with Gasteiger partial charge in [-0.15, -0.1) is 0 Å². The number of hydrogen-bond acceptors (Lipinski definition) is 4. The Morgan fingerprint density at radius 2 is 1.80 bits per heavy atom. The number of benzene rings is 2. The van der Waals surface area contributed by atoms with Gasteiger partial charge in [-0.25, -0.2) is 5.01 Å². The Balaban J connectivity index is 1.71. The van der Waals surface area contributed by atoms with Gasteiger partial charge in [0.2, 0.25) is 0 Å². The lowest BCUT2D eigenvalue weighted by Gasteiger charge is -2.19. The minimum Gasteiger partial charge on any atom is -0.508 e. The number of nitrogens with zero attached hydrogens (tertiary/aromatic N) is 2. The third-order valence-electron chi connectivity index (χ3n) is 4.21.